The Kier molecular flexibility index (Phi) is 15.7. The van der Waals surface area contributed by atoms with E-state index in [9.17, 15) is 0 Å². The fraction of sp³-hybridized carbons (Fsp3) is 0.0500. The van der Waals surface area contributed by atoms with Crippen molar-refractivity contribution >= 4 is 85.3 Å². The van der Waals surface area contributed by atoms with Crippen LogP contribution in [-0.4, -0.2) is 16.0 Å². The predicted octanol–water partition coefficient (Wildman–Crippen LogP) is 21.1. The van der Waals surface area contributed by atoms with E-state index in [1.807, 2.05) is 12.4 Å². The third kappa shape index (κ3) is 11.3. The summed E-state index contributed by atoms with van der Waals surface area (Å²) in [7, 11) is 0. The van der Waals surface area contributed by atoms with Crippen LogP contribution < -0.4 is 29.4 Å². The summed E-state index contributed by atoms with van der Waals surface area (Å²) in [5, 5.41) is 0. The molecule has 0 fully saturated rings. The Hall–Kier alpha value is -11.5. The van der Waals surface area contributed by atoms with Gasteiger partial charge >= 0.3 is 0 Å². The molecule has 1 aromatic heterocycles. The third-order valence-electron chi connectivity index (χ3n) is 16.3. The SMILES string of the molecule is C1=CC(N(c2ccccc2)c2ccc(N(C3=CCC(N(c4ccccc4)c4ccc(N(c5ccccc5)c5ccc(N(c6ccccc6)c6ccccc6)cc5)cc4)c4nccnc43)c3ccccc3)cc2)CC=C1N(c1ccccc1)c1ccccc1. The van der Waals surface area contributed by atoms with Crippen LogP contribution in [0.4, 0.5) is 79.6 Å². The van der Waals surface area contributed by atoms with Gasteiger partial charge in [-0.1, -0.05) is 164 Å². The monoisotopic (exact) mass is 1140 g/mol. The molecule has 88 heavy (non-hydrogen) atoms. The van der Waals surface area contributed by atoms with Crippen molar-refractivity contribution in [3.05, 3.63) is 369 Å². The molecule has 14 rings (SSSR count). The zero-order valence-corrected chi connectivity index (χ0v) is 48.6. The second-order valence-electron chi connectivity index (χ2n) is 21.7. The largest absolute Gasteiger partial charge is 0.334 e. The van der Waals surface area contributed by atoms with E-state index in [2.05, 4.69) is 369 Å². The van der Waals surface area contributed by atoms with Crippen molar-refractivity contribution in [2.45, 2.75) is 24.9 Å². The fourth-order valence-corrected chi connectivity index (χ4v) is 12.3. The van der Waals surface area contributed by atoms with Gasteiger partial charge in [0.2, 0.25) is 0 Å². The van der Waals surface area contributed by atoms with Gasteiger partial charge in [-0.2, -0.15) is 0 Å². The minimum Gasteiger partial charge on any atom is -0.334 e. The number of nitrogens with zero attached hydrogens (tertiary/aromatic N) is 8. The topological polar surface area (TPSA) is 45.2 Å². The molecule has 8 heteroatoms. The molecule has 2 atom stereocenters. The molecule has 0 radical (unpaired) electrons. The van der Waals surface area contributed by atoms with Crippen molar-refractivity contribution in [2.24, 2.45) is 0 Å². The van der Waals surface area contributed by atoms with Gasteiger partial charge in [-0.05, 0) is 189 Å². The van der Waals surface area contributed by atoms with Crippen LogP contribution in [0, 0.1) is 0 Å². The molecule has 2 unspecified atom stereocenters. The first kappa shape index (κ1) is 54.5. The van der Waals surface area contributed by atoms with Crippen molar-refractivity contribution < 1.29 is 0 Å². The van der Waals surface area contributed by atoms with Gasteiger partial charge in [-0.25, -0.2) is 0 Å². The maximum atomic E-state index is 5.24. The Morgan fingerprint density at radius 3 is 0.943 bits per heavy atom. The van der Waals surface area contributed by atoms with Crippen molar-refractivity contribution in [3.63, 3.8) is 0 Å². The number of anilines is 14. The van der Waals surface area contributed by atoms with E-state index in [1.165, 1.54) is 0 Å². The summed E-state index contributed by atoms with van der Waals surface area (Å²) in [5.74, 6) is 0. The van der Waals surface area contributed by atoms with Crippen LogP contribution in [0.5, 0.6) is 0 Å². The molecule has 0 aliphatic heterocycles. The summed E-state index contributed by atoms with van der Waals surface area (Å²) in [6.07, 6.45) is 14.5. The van der Waals surface area contributed by atoms with Gasteiger partial charge in [0.25, 0.3) is 0 Å². The first-order valence-electron chi connectivity index (χ1n) is 30.1. The lowest BCUT2D eigenvalue weighted by Gasteiger charge is -2.38. The molecule has 0 saturated carbocycles. The molecule has 2 aliphatic carbocycles. The second-order valence-corrected chi connectivity index (χ2v) is 21.7. The Labute approximate surface area is 516 Å². The lowest BCUT2D eigenvalue weighted by atomic mass is 9.94. The Morgan fingerprint density at radius 1 is 0.261 bits per heavy atom. The molecule has 0 N–H and O–H groups in total. The van der Waals surface area contributed by atoms with Crippen LogP contribution in [0.3, 0.4) is 0 Å². The lowest BCUT2D eigenvalue weighted by Crippen LogP contribution is -2.31. The predicted molar refractivity (Wildman–Crippen MR) is 366 cm³/mol. The van der Waals surface area contributed by atoms with E-state index in [-0.39, 0.29) is 12.1 Å². The number of hydrogen-bond acceptors (Lipinski definition) is 8. The number of fused-ring (bicyclic) bond motifs is 1. The second kappa shape index (κ2) is 25.4. The van der Waals surface area contributed by atoms with E-state index in [0.29, 0.717) is 6.42 Å². The molecular formula is C80H64N8. The van der Waals surface area contributed by atoms with Crippen molar-refractivity contribution in [2.75, 3.05) is 29.4 Å². The number of allylic oxidation sites excluding steroid dienone is 1. The molecule has 0 amide bonds. The van der Waals surface area contributed by atoms with Crippen molar-refractivity contribution in [1.82, 2.24) is 9.97 Å². The van der Waals surface area contributed by atoms with Crippen LogP contribution in [-0.2, 0) is 0 Å². The van der Waals surface area contributed by atoms with Crippen LogP contribution in [0.1, 0.15) is 30.3 Å². The number of rotatable bonds is 18. The molecule has 11 aromatic carbocycles. The van der Waals surface area contributed by atoms with E-state index >= 15 is 0 Å². The van der Waals surface area contributed by atoms with Crippen LogP contribution in [0.2, 0.25) is 0 Å². The maximum Gasteiger partial charge on any atom is 0.110 e. The maximum absolute atomic E-state index is 5.24. The van der Waals surface area contributed by atoms with Gasteiger partial charge in [0.15, 0.2) is 0 Å². The average molecular weight is 1140 g/mol. The molecule has 0 spiro atoms. The molecule has 2 aliphatic rings. The van der Waals surface area contributed by atoms with Crippen molar-refractivity contribution in [1.29, 1.82) is 0 Å². The zero-order valence-electron chi connectivity index (χ0n) is 48.6. The first-order valence-corrected chi connectivity index (χ1v) is 30.1. The summed E-state index contributed by atoms with van der Waals surface area (Å²) in [6.45, 7) is 0. The normalized spacial score (nSPS) is 14.1. The lowest BCUT2D eigenvalue weighted by molar-refractivity contribution is 0.666. The highest BCUT2D eigenvalue weighted by atomic mass is 15.2. The Morgan fingerprint density at radius 2 is 0.557 bits per heavy atom. The van der Waals surface area contributed by atoms with Gasteiger partial charge in [-0.15, -0.1) is 0 Å². The van der Waals surface area contributed by atoms with Crippen LogP contribution in [0.25, 0.3) is 5.70 Å². The van der Waals surface area contributed by atoms with Gasteiger partial charge < -0.3 is 29.4 Å². The molecule has 424 valence electrons. The quantitative estimate of drug-likeness (QED) is 0.0842. The summed E-state index contributed by atoms with van der Waals surface area (Å²) < 4.78 is 0. The number of benzene rings is 11. The van der Waals surface area contributed by atoms with Gasteiger partial charge in [-0.3, -0.25) is 9.97 Å². The fourth-order valence-electron chi connectivity index (χ4n) is 12.3. The van der Waals surface area contributed by atoms with Gasteiger partial charge in [0.1, 0.15) is 5.69 Å². The smallest absolute Gasteiger partial charge is 0.110 e. The summed E-state index contributed by atoms with van der Waals surface area (Å²) in [6, 6.07) is 112. The molecular weight excluding hydrogens is 1070 g/mol. The number of para-hydroxylation sites is 8. The number of hydrogen-bond donors (Lipinski definition) is 0. The standard InChI is InChI=1S/C80H64N8/c1-9-25-61(26-10-1)83(62-27-11-2-12-28-62)69-41-45-71(46-42-69)85(65-33-17-5-18-34-65)73-49-53-75(54-50-73)87(67-37-21-7-22-38-67)77-57-58-78(80-79(77)81-59-60-82-80)88(68-39-23-8-24-40-68)76-55-51-74(52-56-76)86(66-35-19-6-20-36-66)72-47-43-70(44-48-72)84(63-29-13-3-14-30-63)64-31-15-4-16-32-64/h1-47,49-56,58-60,72,77H,48,57H2. The average Bonchev–Trinajstić information content (AvgIpc) is 1.38. The molecule has 8 nitrogen and oxygen atoms in total. The van der Waals surface area contributed by atoms with Crippen molar-refractivity contribution in [3.8, 4) is 0 Å². The highest BCUT2D eigenvalue weighted by Crippen LogP contribution is 2.47. The van der Waals surface area contributed by atoms with Crippen LogP contribution in [0.15, 0.2) is 358 Å². The minimum absolute atomic E-state index is 0.0671. The van der Waals surface area contributed by atoms with Gasteiger partial charge in [0.05, 0.1) is 23.5 Å². The van der Waals surface area contributed by atoms with E-state index in [4.69, 9.17) is 9.97 Å². The Bertz CT molecular complexity index is 4230. The van der Waals surface area contributed by atoms with Crippen LogP contribution >= 0.6 is 0 Å². The minimum atomic E-state index is -0.180. The van der Waals surface area contributed by atoms with E-state index in [0.717, 1.165) is 109 Å². The highest BCUT2D eigenvalue weighted by Gasteiger charge is 2.34. The summed E-state index contributed by atoms with van der Waals surface area (Å²) in [4.78, 5) is 24.6. The molecule has 1 heterocycles. The highest BCUT2D eigenvalue weighted by molar-refractivity contribution is 5.90. The number of aromatic nitrogens is 2. The van der Waals surface area contributed by atoms with E-state index < -0.39 is 0 Å². The molecule has 0 saturated heterocycles. The van der Waals surface area contributed by atoms with E-state index in [1.54, 1.807) is 0 Å². The summed E-state index contributed by atoms with van der Waals surface area (Å²) in [5.41, 5.74) is 18.9. The molecule has 12 aromatic rings. The zero-order chi connectivity index (χ0) is 58.9. The molecule has 0 bridgehead atoms. The first-order chi connectivity index (χ1) is 43.7. The Balaban J connectivity index is 0.779. The summed E-state index contributed by atoms with van der Waals surface area (Å²) >= 11 is 0. The third-order valence-corrected chi connectivity index (χ3v) is 16.3. The van der Waals surface area contributed by atoms with Gasteiger partial charge in [0, 0.05) is 97.7 Å².